The van der Waals surface area contributed by atoms with E-state index in [0.717, 1.165) is 4.90 Å². The van der Waals surface area contributed by atoms with E-state index in [-0.39, 0.29) is 31.2 Å². The van der Waals surface area contributed by atoms with Gasteiger partial charge in [0.1, 0.15) is 6.04 Å². The number of halogens is 1. The molecule has 1 atom stereocenters. The first-order valence-corrected chi connectivity index (χ1v) is 8.45. The largest absolute Gasteiger partial charge is 0.326 e. The van der Waals surface area contributed by atoms with Crippen LogP contribution in [-0.4, -0.2) is 38.6 Å². The fourth-order valence-corrected chi connectivity index (χ4v) is 2.90. The van der Waals surface area contributed by atoms with Gasteiger partial charge in [0.15, 0.2) is 0 Å². The molecule has 9 heteroatoms. The monoisotopic (exact) mass is 375 g/mol. The van der Waals surface area contributed by atoms with Gasteiger partial charge in [-0.15, -0.1) is 0 Å². The van der Waals surface area contributed by atoms with E-state index >= 15 is 0 Å². The van der Waals surface area contributed by atoms with Crippen molar-refractivity contribution in [2.24, 2.45) is 7.05 Å². The Bertz CT molecular complexity index is 850. The number of hydrogen-bond donors (Lipinski definition) is 2. The van der Waals surface area contributed by atoms with E-state index in [1.165, 1.54) is 6.20 Å². The highest BCUT2D eigenvalue weighted by atomic mass is 35.5. The molecule has 0 spiro atoms. The van der Waals surface area contributed by atoms with Gasteiger partial charge in [0, 0.05) is 24.7 Å². The van der Waals surface area contributed by atoms with Gasteiger partial charge in [-0.1, -0.05) is 29.8 Å². The number of imide groups is 1. The van der Waals surface area contributed by atoms with E-state index in [1.54, 1.807) is 42.2 Å². The Hall–Kier alpha value is -2.87. The summed E-state index contributed by atoms with van der Waals surface area (Å²) >= 11 is 6.09. The number of rotatable bonds is 6. The molecule has 0 saturated carbocycles. The first-order chi connectivity index (χ1) is 12.4. The molecule has 1 aliphatic heterocycles. The molecule has 0 aliphatic carbocycles. The van der Waals surface area contributed by atoms with Crippen LogP contribution in [0, 0.1) is 0 Å². The first-order valence-electron chi connectivity index (χ1n) is 8.08. The Labute approximate surface area is 155 Å². The first kappa shape index (κ1) is 17.9. The number of anilines is 1. The lowest BCUT2D eigenvalue weighted by Crippen LogP contribution is -2.31. The number of aromatic nitrogens is 2. The third-order valence-electron chi connectivity index (χ3n) is 4.04. The topological polar surface area (TPSA) is 96.3 Å². The molecular formula is C17H18ClN5O3. The Balaban J connectivity index is 1.55. The molecule has 4 amide bonds. The molecule has 26 heavy (non-hydrogen) atoms. The number of nitrogens with zero attached hydrogens (tertiary/aromatic N) is 3. The van der Waals surface area contributed by atoms with Gasteiger partial charge in [0.05, 0.1) is 18.4 Å². The molecule has 0 bridgehead atoms. The van der Waals surface area contributed by atoms with Crippen LogP contribution in [0.15, 0.2) is 36.7 Å². The zero-order valence-electron chi connectivity index (χ0n) is 14.1. The number of nitrogens with one attached hydrogen (secondary N) is 2. The third kappa shape index (κ3) is 4.02. The van der Waals surface area contributed by atoms with Crippen LogP contribution in [0.3, 0.4) is 0 Å². The third-order valence-corrected chi connectivity index (χ3v) is 4.41. The van der Waals surface area contributed by atoms with Gasteiger partial charge in [-0.3, -0.25) is 19.2 Å². The molecule has 1 aromatic carbocycles. The van der Waals surface area contributed by atoms with E-state index < -0.39 is 12.1 Å². The Kier molecular flexibility index (Phi) is 5.22. The number of aryl methyl sites for hydroxylation is 1. The van der Waals surface area contributed by atoms with Gasteiger partial charge >= 0.3 is 6.03 Å². The summed E-state index contributed by atoms with van der Waals surface area (Å²) in [6.45, 7) is 0.0999. The summed E-state index contributed by atoms with van der Waals surface area (Å²) in [5.74, 6) is -0.603. The number of amides is 4. The van der Waals surface area contributed by atoms with Gasteiger partial charge in [-0.2, -0.15) is 5.10 Å². The van der Waals surface area contributed by atoms with Crippen LogP contribution in [0.2, 0.25) is 5.02 Å². The molecule has 1 saturated heterocycles. The standard InChI is InChI=1S/C17H18ClN5O3/c1-22-10-12(8-19-22)20-15(24)7-6-14-16(25)23(17(26)21-14)9-11-4-2-3-5-13(11)18/h2-5,8,10,14H,6-7,9H2,1H3,(H,20,24)(H,21,26)/t14-/m1/s1. The molecule has 2 aromatic rings. The highest BCUT2D eigenvalue weighted by Gasteiger charge is 2.38. The maximum absolute atomic E-state index is 12.5. The highest BCUT2D eigenvalue weighted by molar-refractivity contribution is 6.31. The lowest BCUT2D eigenvalue weighted by Gasteiger charge is -2.14. The van der Waals surface area contributed by atoms with Crippen LogP contribution in [0.4, 0.5) is 10.5 Å². The second-order valence-corrected chi connectivity index (χ2v) is 6.41. The Morgan fingerprint density at radius 2 is 2.12 bits per heavy atom. The molecule has 0 radical (unpaired) electrons. The average Bonchev–Trinajstić information content (AvgIpc) is 3.12. The summed E-state index contributed by atoms with van der Waals surface area (Å²) < 4.78 is 1.57. The summed E-state index contributed by atoms with van der Waals surface area (Å²) in [5, 5.41) is 9.76. The van der Waals surface area contributed by atoms with Crippen LogP contribution in [0.5, 0.6) is 0 Å². The fourth-order valence-electron chi connectivity index (χ4n) is 2.70. The number of urea groups is 1. The van der Waals surface area contributed by atoms with Gasteiger partial charge in [-0.05, 0) is 18.1 Å². The zero-order valence-corrected chi connectivity index (χ0v) is 14.9. The second kappa shape index (κ2) is 7.57. The van der Waals surface area contributed by atoms with E-state index in [1.807, 2.05) is 0 Å². The molecule has 2 N–H and O–H groups in total. The van der Waals surface area contributed by atoms with E-state index in [0.29, 0.717) is 16.3 Å². The predicted molar refractivity (Wildman–Crippen MR) is 95.4 cm³/mol. The van der Waals surface area contributed by atoms with E-state index in [9.17, 15) is 14.4 Å². The predicted octanol–water partition coefficient (Wildman–Crippen LogP) is 1.91. The molecule has 3 rings (SSSR count). The lowest BCUT2D eigenvalue weighted by atomic mass is 10.1. The summed E-state index contributed by atoms with van der Waals surface area (Å²) in [7, 11) is 1.75. The minimum Gasteiger partial charge on any atom is -0.326 e. The van der Waals surface area contributed by atoms with Crippen molar-refractivity contribution in [1.82, 2.24) is 20.0 Å². The second-order valence-electron chi connectivity index (χ2n) is 6.01. The minimum atomic E-state index is -0.718. The number of carbonyl (C=O) groups excluding carboxylic acids is 3. The van der Waals surface area contributed by atoms with Gasteiger partial charge in [0.2, 0.25) is 5.91 Å². The highest BCUT2D eigenvalue weighted by Crippen LogP contribution is 2.20. The summed E-state index contributed by atoms with van der Waals surface area (Å²) in [5.41, 5.74) is 1.27. The number of benzene rings is 1. The lowest BCUT2D eigenvalue weighted by molar-refractivity contribution is -0.128. The smallest absolute Gasteiger partial charge is 0.325 e. The number of carbonyl (C=O) groups is 3. The van der Waals surface area contributed by atoms with E-state index in [4.69, 9.17) is 11.6 Å². The number of hydrogen-bond acceptors (Lipinski definition) is 4. The average molecular weight is 376 g/mol. The van der Waals surface area contributed by atoms with Crippen LogP contribution >= 0.6 is 11.6 Å². The summed E-state index contributed by atoms with van der Waals surface area (Å²) in [6, 6.07) is 5.84. The minimum absolute atomic E-state index is 0.0999. The molecule has 1 aliphatic rings. The Morgan fingerprint density at radius 1 is 1.35 bits per heavy atom. The molecule has 136 valence electrons. The fraction of sp³-hybridized carbons (Fsp3) is 0.294. The molecular weight excluding hydrogens is 358 g/mol. The summed E-state index contributed by atoms with van der Waals surface area (Å²) in [6.07, 6.45) is 3.53. The van der Waals surface area contributed by atoms with Crippen LogP contribution in [0.1, 0.15) is 18.4 Å². The van der Waals surface area contributed by atoms with Crippen LogP contribution in [0.25, 0.3) is 0 Å². The van der Waals surface area contributed by atoms with Crippen LogP contribution in [-0.2, 0) is 23.2 Å². The molecule has 1 fully saturated rings. The van der Waals surface area contributed by atoms with E-state index in [2.05, 4.69) is 15.7 Å². The zero-order chi connectivity index (χ0) is 18.7. The Morgan fingerprint density at radius 3 is 2.81 bits per heavy atom. The van der Waals surface area contributed by atoms with Crippen molar-refractivity contribution in [3.8, 4) is 0 Å². The quantitative estimate of drug-likeness (QED) is 0.754. The maximum atomic E-state index is 12.5. The van der Waals surface area contributed by atoms with Gasteiger partial charge < -0.3 is 10.6 Å². The van der Waals surface area contributed by atoms with Crippen molar-refractivity contribution >= 4 is 35.1 Å². The molecule has 8 nitrogen and oxygen atoms in total. The van der Waals surface area contributed by atoms with Gasteiger partial charge in [-0.25, -0.2) is 4.79 Å². The summed E-state index contributed by atoms with van der Waals surface area (Å²) in [4.78, 5) is 37.6. The molecule has 1 aromatic heterocycles. The van der Waals surface area contributed by atoms with Crippen molar-refractivity contribution in [2.45, 2.75) is 25.4 Å². The van der Waals surface area contributed by atoms with Crippen LogP contribution < -0.4 is 10.6 Å². The van der Waals surface area contributed by atoms with Crippen molar-refractivity contribution in [3.63, 3.8) is 0 Å². The van der Waals surface area contributed by atoms with Crippen molar-refractivity contribution in [3.05, 3.63) is 47.2 Å². The van der Waals surface area contributed by atoms with Gasteiger partial charge in [0.25, 0.3) is 5.91 Å². The maximum Gasteiger partial charge on any atom is 0.325 e. The van der Waals surface area contributed by atoms with Crippen molar-refractivity contribution < 1.29 is 14.4 Å². The molecule has 0 unspecified atom stereocenters. The SMILES string of the molecule is Cn1cc(NC(=O)CC[C@H]2NC(=O)N(Cc3ccccc3Cl)C2=O)cn1. The normalized spacial score (nSPS) is 16.7. The van der Waals surface area contributed by atoms with Crippen molar-refractivity contribution in [1.29, 1.82) is 0 Å². The molecule has 2 heterocycles. The van der Waals surface area contributed by atoms with Crippen molar-refractivity contribution in [2.75, 3.05) is 5.32 Å².